The van der Waals surface area contributed by atoms with Crippen LogP contribution in [0, 0.1) is 0 Å². The minimum absolute atomic E-state index is 0.173. The highest BCUT2D eigenvalue weighted by atomic mass is 35.5. The highest BCUT2D eigenvalue weighted by Gasteiger charge is 2.06. The van der Waals surface area contributed by atoms with Crippen LogP contribution in [0.15, 0.2) is 54.7 Å². The Morgan fingerprint density at radius 2 is 2.04 bits per heavy atom. The van der Waals surface area contributed by atoms with E-state index in [1.807, 2.05) is 36.4 Å². The number of carboxylic acids is 1. The van der Waals surface area contributed by atoms with Gasteiger partial charge >= 0.3 is 5.97 Å². The molecule has 0 saturated heterocycles. The Labute approximate surface area is 138 Å². The number of hydrogen-bond acceptors (Lipinski definition) is 3. The first-order valence-corrected chi connectivity index (χ1v) is 7.50. The predicted molar refractivity (Wildman–Crippen MR) is 89.4 cm³/mol. The molecule has 3 aromatic rings. The summed E-state index contributed by atoms with van der Waals surface area (Å²) < 4.78 is 5.74. The van der Waals surface area contributed by atoms with Gasteiger partial charge in [-0.1, -0.05) is 23.7 Å². The van der Waals surface area contributed by atoms with Gasteiger partial charge in [-0.3, -0.25) is 4.98 Å². The van der Waals surface area contributed by atoms with Crippen molar-refractivity contribution in [3.05, 3.63) is 70.9 Å². The molecular formula is C18H14ClNO3. The number of aromatic carboxylic acids is 1. The van der Waals surface area contributed by atoms with Crippen LogP contribution in [0.5, 0.6) is 5.75 Å². The average Bonchev–Trinajstić information content (AvgIpc) is 2.54. The second-order valence-electron chi connectivity index (χ2n) is 5.11. The van der Waals surface area contributed by atoms with Gasteiger partial charge in [-0.15, -0.1) is 0 Å². The van der Waals surface area contributed by atoms with Crippen LogP contribution in [0.4, 0.5) is 0 Å². The minimum Gasteiger partial charge on any atom is -0.493 e. The van der Waals surface area contributed by atoms with E-state index >= 15 is 0 Å². The van der Waals surface area contributed by atoms with E-state index in [2.05, 4.69) is 4.98 Å². The van der Waals surface area contributed by atoms with Crippen molar-refractivity contribution in [2.45, 2.75) is 6.42 Å². The second-order valence-corrected chi connectivity index (χ2v) is 5.55. The van der Waals surface area contributed by atoms with Gasteiger partial charge in [0.2, 0.25) is 0 Å². The molecule has 1 aromatic heterocycles. The molecule has 0 radical (unpaired) electrons. The number of benzene rings is 2. The van der Waals surface area contributed by atoms with Crippen molar-refractivity contribution >= 4 is 28.5 Å². The molecule has 0 saturated carbocycles. The van der Waals surface area contributed by atoms with Crippen molar-refractivity contribution in [3.63, 3.8) is 0 Å². The normalized spacial score (nSPS) is 10.7. The van der Waals surface area contributed by atoms with Crippen molar-refractivity contribution in [2.75, 3.05) is 6.61 Å². The van der Waals surface area contributed by atoms with Gasteiger partial charge in [0.15, 0.2) is 0 Å². The fraction of sp³-hybridized carbons (Fsp3) is 0.111. The van der Waals surface area contributed by atoms with Crippen molar-refractivity contribution in [1.82, 2.24) is 4.98 Å². The number of aromatic nitrogens is 1. The number of nitrogens with zero attached hydrogens (tertiary/aromatic N) is 1. The highest BCUT2D eigenvalue weighted by molar-refractivity contribution is 6.30. The monoisotopic (exact) mass is 327 g/mol. The molecule has 0 bridgehead atoms. The lowest BCUT2D eigenvalue weighted by molar-refractivity contribution is 0.0696. The van der Waals surface area contributed by atoms with Gasteiger partial charge in [0.25, 0.3) is 0 Å². The van der Waals surface area contributed by atoms with Crippen molar-refractivity contribution in [1.29, 1.82) is 0 Å². The molecule has 0 aliphatic rings. The van der Waals surface area contributed by atoms with Crippen LogP contribution < -0.4 is 4.74 Å². The SMILES string of the molecule is O=C(O)c1cnc2cc(OCCc3cccc(Cl)c3)ccc2c1. The smallest absolute Gasteiger partial charge is 0.337 e. The van der Waals surface area contributed by atoms with E-state index < -0.39 is 5.97 Å². The molecule has 1 heterocycles. The van der Waals surface area contributed by atoms with Gasteiger partial charge in [-0.25, -0.2) is 4.79 Å². The van der Waals surface area contributed by atoms with Crippen LogP contribution in [-0.2, 0) is 6.42 Å². The lowest BCUT2D eigenvalue weighted by Gasteiger charge is -2.08. The standard InChI is InChI=1S/C18H14ClNO3/c19-15-3-1-2-12(8-15)6-7-23-16-5-4-13-9-14(18(21)22)11-20-17(13)10-16/h1-5,8-11H,6-7H2,(H,21,22). The van der Waals surface area contributed by atoms with E-state index in [9.17, 15) is 4.79 Å². The maximum absolute atomic E-state index is 10.9. The molecule has 0 spiro atoms. The van der Waals surface area contributed by atoms with E-state index in [0.717, 1.165) is 17.4 Å². The lowest BCUT2D eigenvalue weighted by atomic mass is 10.1. The van der Waals surface area contributed by atoms with Crippen LogP contribution in [0.2, 0.25) is 5.02 Å². The topological polar surface area (TPSA) is 59.4 Å². The molecule has 4 nitrogen and oxygen atoms in total. The summed E-state index contributed by atoms with van der Waals surface area (Å²) in [6, 6.07) is 14.7. The van der Waals surface area contributed by atoms with E-state index in [1.165, 1.54) is 6.20 Å². The molecule has 3 rings (SSSR count). The summed E-state index contributed by atoms with van der Waals surface area (Å²) in [6.45, 7) is 0.527. The van der Waals surface area contributed by atoms with Gasteiger partial charge in [-0.05, 0) is 35.9 Å². The number of halogens is 1. The van der Waals surface area contributed by atoms with Crippen LogP contribution in [0.1, 0.15) is 15.9 Å². The number of carboxylic acid groups (broad SMARTS) is 1. The number of hydrogen-bond donors (Lipinski definition) is 1. The maximum Gasteiger partial charge on any atom is 0.337 e. The zero-order chi connectivity index (χ0) is 16.2. The summed E-state index contributed by atoms with van der Waals surface area (Å²) in [4.78, 5) is 15.1. The summed E-state index contributed by atoms with van der Waals surface area (Å²) in [5, 5.41) is 10.5. The van der Waals surface area contributed by atoms with Gasteiger partial charge in [-0.2, -0.15) is 0 Å². The predicted octanol–water partition coefficient (Wildman–Crippen LogP) is 4.21. The number of ether oxygens (including phenoxy) is 1. The van der Waals surface area contributed by atoms with Crippen LogP contribution in [-0.4, -0.2) is 22.7 Å². The van der Waals surface area contributed by atoms with E-state index in [4.69, 9.17) is 21.4 Å². The summed E-state index contributed by atoms with van der Waals surface area (Å²) >= 11 is 5.95. The maximum atomic E-state index is 10.9. The number of rotatable bonds is 5. The Morgan fingerprint density at radius 3 is 2.83 bits per heavy atom. The first kappa shape index (κ1) is 15.3. The third-order valence-electron chi connectivity index (χ3n) is 3.45. The summed E-state index contributed by atoms with van der Waals surface area (Å²) in [7, 11) is 0. The molecule has 0 aliphatic heterocycles. The van der Waals surface area contributed by atoms with Crippen LogP contribution in [0.25, 0.3) is 10.9 Å². The van der Waals surface area contributed by atoms with Crippen molar-refractivity contribution in [2.24, 2.45) is 0 Å². The van der Waals surface area contributed by atoms with E-state index in [-0.39, 0.29) is 5.56 Å². The van der Waals surface area contributed by atoms with E-state index in [1.54, 1.807) is 12.1 Å². The molecule has 0 aliphatic carbocycles. The van der Waals surface area contributed by atoms with Gasteiger partial charge < -0.3 is 9.84 Å². The number of pyridine rings is 1. The van der Waals surface area contributed by atoms with Gasteiger partial charge in [0, 0.05) is 29.1 Å². The zero-order valence-electron chi connectivity index (χ0n) is 12.2. The van der Waals surface area contributed by atoms with Crippen molar-refractivity contribution in [3.8, 4) is 5.75 Å². The van der Waals surface area contributed by atoms with Gasteiger partial charge in [0.05, 0.1) is 17.7 Å². The Balaban J connectivity index is 1.68. The largest absolute Gasteiger partial charge is 0.493 e. The number of carbonyl (C=O) groups is 1. The molecule has 2 aromatic carbocycles. The molecule has 0 amide bonds. The first-order valence-electron chi connectivity index (χ1n) is 7.12. The molecule has 0 fully saturated rings. The molecule has 5 heteroatoms. The minimum atomic E-state index is -0.985. The second kappa shape index (κ2) is 6.67. The Hall–Kier alpha value is -2.59. The fourth-order valence-corrected chi connectivity index (χ4v) is 2.50. The fourth-order valence-electron chi connectivity index (χ4n) is 2.29. The third-order valence-corrected chi connectivity index (χ3v) is 3.69. The Kier molecular flexibility index (Phi) is 4.44. The molecule has 1 N–H and O–H groups in total. The Morgan fingerprint density at radius 1 is 1.17 bits per heavy atom. The number of fused-ring (bicyclic) bond motifs is 1. The molecular weight excluding hydrogens is 314 g/mol. The van der Waals surface area contributed by atoms with Crippen LogP contribution in [0.3, 0.4) is 0 Å². The zero-order valence-corrected chi connectivity index (χ0v) is 13.0. The van der Waals surface area contributed by atoms with Crippen LogP contribution >= 0.6 is 11.6 Å². The quantitative estimate of drug-likeness (QED) is 0.762. The summed E-state index contributed by atoms with van der Waals surface area (Å²) in [5.74, 6) is -0.281. The molecule has 116 valence electrons. The molecule has 0 unspecified atom stereocenters. The summed E-state index contributed by atoms with van der Waals surface area (Å²) in [5.41, 5.74) is 1.99. The first-order chi connectivity index (χ1) is 11.1. The third kappa shape index (κ3) is 3.79. The van der Waals surface area contributed by atoms with E-state index in [0.29, 0.717) is 22.9 Å². The summed E-state index contributed by atoms with van der Waals surface area (Å²) in [6.07, 6.45) is 2.10. The molecule has 0 atom stereocenters. The highest BCUT2D eigenvalue weighted by Crippen LogP contribution is 2.20. The van der Waals surface area contributed by atoms with Gasteiger partial charge in [0.1, 0.15) is 5.75 Å². The lowest BCUT2D eigenvalue weighted by Crippen LogP contribution is -2.01. The Bertz CT molecular complexity index is 864. The molecule has 23 heavy (non-hydrogen) atoms. The van der Waals surface area contributed by atoms with Crippen molar-refractivity contribution < 1.29 is 14.6 Å². The average molecular weight is 328 g/mol.